The predicted molar refractivity (Wildman–Crippen MR) is 47.0 cm³/mol. The minimum Gasteiger partial charge on any atom is -0.396 e. The molecule has 0 aliphatic carbocycles. The molecule has 0 radical (unpaired) electrons. The molecule has 0 aromatic rings. The van der Waals surface area contributed by atoms with Gasteiger partial charge in [0.1, 0.15) is 0 Å². The van der Waals surface area contributed by atoms with Crippen molar-refractivity contribution < 1.29 is 31.4 Å². The van der Waals surface area contributed by atoms with Gasteiger partial charge in [-0.05, 0) is 22.1 Å². The molecule has 1 heterocycles. The molecule has 1 aliphatic rings. The van der Waals surface area contributed by atoms with Crippen molar-refractivity contribution in [2.75, 3.05) is 13.1 Å². The molecule has 0 spiro atoms. The molecule has 4 nitrogen and oxygen atoms in total. The number of halogens is 1. The summed E-state index contributed by atoms with van der Waals surface area (Å²) < 4.78 is 24.5. The van der Waals surface area contributed by atoms with Crippen LogP contribution in [0.15, 0.2) is 24.4 Å². The molecule has 1 rings (SSSR count). The molecule has 0 fully saturated rings. The first kappa shape index (κ1) is 13.9. The summed E-state index contributed by atoms with van der Waals surface area (Å²) in [6.45, 7) is 4.53. The van der Waals surface area contributed by atoms with Crippen LogP contribution in [0.5, 0.6) is 0 Å². The van der Waals surface area contributed by atoms with Crippen LogP contribution in [0.1, 0.15) is 19.8 Å². The van der Waals surface area contributed by atoms with E-state index in [1.807, 2.05) is 0 Å². The smallest absolute Gasteiger partial charge is 0.396 e. The minimum atomic E-state index is -3.76. The molecule has 1 aliphatic heterocycles. The van der Waals surface area contributed by atoms with Crippen LogP contribution in [-0.2, 0) is 0 Å². The van der Waals surface area contributed by atoms with Gasteiger partial charge in [-0.25, -0.2) is 0 Å². The van der Waals surface area contributed by atoms with E-state index in [2.05, 4.69) is 36.3 Å². The van der Waals surface area contributed by atoms with E-state index in [9.17, 15) is 0 Å². The Balaban J connectivity index is 0.000000364. The molecule has 5 heteroatoms. The zero-order valence-electron chi connectivity index (χ0n) is 8.23. The zero-order valence-corrected chi connectivity index (χ0v) is 10.4. The zero-order chi connectivity index (χ0) is 10.8. The maximum atomic E-state index is 8.68. The van der Waals surface area contributed by atoms with Crippen molar-refractivity contribution in [2.24, 2.45) is 0 Å². The van der Waals surface area contributed by atoms with Crippen LogP contribution >= 0.6 is 0 Å². The van der Waals surface area contributed by atoms with Gasteiger partial charge in [0.25, 0.3) is 0 Å². The first-order valence-corrected chi connectivity index (χ1v) is 7.21. The van der Waals surface area contributed by atoms with Crippen molar-refractivity contribution in [3.8, 4) is 0 Å². The molecule has 0 saturated heterocycles. The lowest BCUT2D eigenvalue weighted by atomic mass is 10.3. The molecule has 0 unspecified atom stereocenters. The first-order chi connectivity index (χ1) is 6.66. The second-order valence-corrected chi connectivity index (χ2v) is 3.97. The Hall–Kier alpha value is -0.110. The number of rotatable bonds is 3. The van der Waals surface area contributed by atoms with Crippen molar-refractivity contribution in [1.29, 1.82) is 0 Å². The second-order valence-electron chi connectivity index (χ2n) is 2.82. The van der Waals surface area contributed by atoms with Gasteiger partial charge in [-0.15, -0.1) is 0 Å². The van der Waals surface area contributed by atoms with E-state index in [0.29, 0.717) is 0 Å². The molecule has 0 amide bonds. The molecule has 82 valence electrons. The molecule has 1 N–H and O–H groups in total. The molecule has 0 aromatic carbocycles. The lowest BCUT2D eigenvalue weighted by Gasteiger charge is -2.19. The Kier molecular flexibility index (Phi) is 9.37. The summed E-state index contributed by atoms with van der Waals surface area (Å²) in [7, 11) is 0. The van der Waals surface area contributed by atoms with Gasteiger partial charge < -0.3 is 11.8 Å². The van der Waals surface area contributed by atoms with Gasteiger partial charge in [0, 0.05) is 13.1 Å². The summed E-state index contributed by atoms with van der Waals surface area (Å²) in [5.74, 6) is 0. The standard InChI is InChI=1S/C9H15N.HIO3/c1-2-3-7-10-8-5-4-6-9-10;2-1(3)4/h4-6,8H,2-3,7,9H2,1H3;2H. The van der Waals surface area contributed by atoms with E-state index >= 15 is 0 Å². The van der Waals surface area contributed by atoms with Crippen LogP contribution in [0.3, 0.4) is 0 Å². The molecule has 14 heavy (non-hydrogen) atoms. The highest BCUT2D eigenvalue weighted by Crippen LogP contribution is 2.00. The SMILES string of the molecule is CCCCN1C=CC=CC1.[O-][I+2]([O-])O. The monoisotopic (exact) mass is 313 g/mol. The quantitative estimate of drug-likeness (QED) is 0.544. The van der Waals surface area contributed by atoms with Crippen LogP contribution in [0.2, 0.25) is 0 Å². The summed E-state index contributed by atoms with van der Waals surface area (Å²) in [6, 6.07) is 0. The summed E-state index contributed by atoms with van der Waals surface area (Å²) in [6.07, 6.45) is 11.1. The molecule has 0 aromatic heterocycles. The van der Waals surface area contributed by atoms with E-state index in [1.54, 1.807) is 0 Å². The number of hydrogen-bond acceptors (Lipinski definition) is 4. The predicted octanol–water partition coefficient (Wildman–Crippen LogP) is -3.76. The van der Waals surface area contributed by atoms with Crippen molar-refractivity contribution >= 4 is 0 Å². The third-order valence-corrected chi connectivity index (χ3v) is 1.68. The van der Waals surface area contributed by atoms with E-state index < -0.39 is 21.1 Å². The van der Waals surface area contributed by atoms with E-state index in [-0.39, 0.29) is 0 Å². The molecule has 0 saturated carbocycles. The van der Waals surface area contributed by atoms with Gasteiger partial charge in [0.2, 0.25) is 0 Å². The number of hydrogen-bond donors (Lipinski definition) is 1. The fourth-order valence-electron chi connectivity index (χ4n) is 1.03. The van der Waals surface area contributed by atoms with Crippen LogP contribution < -0.4 is 27.9 Å². The summed E-state index contributed by atoms with van der Waals surface area (Å²) in [5, 5.41) is 0. The molecular formula is C9H16INO3. The maximum absolute atomic E-state index is 8.68. The summed E-state index contributed by atoms with van der Waals surface area (Å²) in [4.78, 5) is 2.34. The number of allylic oxidation sites excluding steroid dienone is 2. The highest BCUT2D eigenvalue weighted by atomic mass is 127. The fraction of sp³-hybridized carbons (Fsp3) is 0.556. The lowest BCUT2D eigenvalue weighted by molar-refractivity contribution is -1.63. The largest absolute Gasteiger partial charge is 0.503 e. The van der Waals surface area contributed by atoms with Crippen molar-refractivity contribution in [3.05, 3.63) is 24.4 Å². The van der Waals surface area contributed by atoms with Crippen LogP contribution in [0, 0.1) is 0 Å². The van der Waals surface area contributed by atoms with Crippen LogP contribution in [0.4, 0.5) is 0 Å². The number of nitrogens with zero attached hydrogens (tertiary/aromatic N) is 1. The van der Waals surface area contributed by atoms with Crippen LogP contribution in [0.25, 0.3) is 0 Å². The van der Waals surface area contributed by atoms with Gasteiger partial charge in [-0.3, -0.25) is 0 Å². The van der Waals surface area contributed by atoms with Gasteiger partial charge in [0.05, 0.1) is 0 Å². The average molecular weight is 313 g/mol. The third kappa shape index (κ3) is 9.97. The van der Waals surface area contributed by atoms with E-state index in [0.717, 1.165) is 6.54 Å². The van der Waals surface area contributed by atoms with E-state index in [1.165, 1.54) is 19.4 Å². The third-order valence-electron chi connectivity index (χ3n) is 1.68. The first-order valence-electron chi connectivity index (χ1n) is 4.48. The van der Waals surface area contributed by atoms with Crippen molar-refractivity contribution in [2.45, 2.75) is 19.8 Å². The summed E-state index contributed by atoms with van der Waals surface area (Å²) in [5.41, 5.74) is 0. The normalized spacial score (nSPS) is 14.2. The van der Waals surface area contributed by atoms with Crippen molar-refractivity contribution in [1.82, 2.24) is 4.90 Å². The molecular weight excluding hydrogens is 297 g/mol. The average Bonchev–Trinajstić information content (AvgIpc) is 2.15. The Morgan fingerprint density at radius 3 is 2.50 bits per heavy atom. The van der Waals surface area contributed by atoms with Gasteiger partial charge >= 0.3 is 21.1 Å². The fourth-order valence-corrected chi connectivity index (χ4v) is 1.03. The number of unbranched alkanes of at least 4 members (excludes halogenated alkanes) is 1. The van der Waals surface area contributed by atoms with E-state index in [4.69, 9.17) is 10.3 Å². The van der Waals surface area contributed by atoms with Gasteiger partial charge in [-0.1, -0.05) is 25.5 Å². The highest BCUT2D eigenvalue weighted by Gasteiger charge is 1.96. The molecule has 0 bridgehead atoms. The highest BCUT2D eigenvalue weighted by molar-refractivity contribution is 5.08. The van der Waals surface area contributed by atoms with Crippen LogP contribution in [-0.4, -0.2) is 21.4 Å². The summed E-state index contributed by atoms with van der Waals surface area (Å²) >= 11 is -3.76. The Bertz CT molecular complexity index is 180. The molecule has 0 atom stereocenters. The van der Waals surface area contributed by atoms with Gasteiger partial charge in [0.15, 0.2) is 0 Å². The van der Waals surface area contributed by atoms with Gasteiger partial charge in [-0.2, -0.15) is 0 Å². The lowest BCUT2D eigenvalue weighted by Crippen LogP contribution is -3.98. The topological polar surface area (TPSA) is 69.6 Å². The second kappa shape index (κ2) is 9.45. The minimum absolute atomic E-state index is 1.09. The Labute approximate surface area is 93.6 Å². The Morgan fingerprint density at radius 2 is 2.07 bits per heavy atom. The maximum Gasteiger partial charge on any atom is 0.503 e. The van der Waals surface area contributed by atoms with Crippen molar-refractivity contribution in [3.63, 3.8) is 0 Å². The Morgan fingerprint density at radius 1 is 1.43 bits per heavy atom.